The Morgan fingerprint density at radius 3 is 2.09 bits per heavy atom. The van der Waals surface area contributed by atoms with Crippen molar-refractivity contribution in [2.24, 2.45) is 7.05 Å². The van der Waals surface area contributed by atoms with Gasteiger partial charge in [-0.05, 0) is 76.3 Å². The SMILES string of the molecule is Cc1c(-c2c3ccc(C4CC[Si](C)(C)CC4)cc3cc[n+]2C)cc(C(C)(C)C)cc1C(C)(C)C. The monoisotopic (exact) mass is 472 g/mol. The van der Waals surface area contributed by atoms with E-state index in [1.807, 2.05) is 0 Å². The second-order valence-corrected chi connectivity index (χ2v) is 19.1. The summed E-state index contributed by atoms with van der Waals surface area (Å²) in [5.41, 5.74) is 8.77. The molecular formula is C32H46NSi+. The van der Waals surface area contributed by atoms with E-state index in [0.717, 1.165) is 5.92 Å². The molecule has 2 heteroatoms. The van der Waals surface area contributed by atoms with Crippen molar-refractivity contribution in [3.8, 4) is 11.3 Å². The van der Waals surface area contributed by atoms with Crippen LogP contribution < -0.4 is 4.57 Å². The number of hydrogen-bond acceptors (Lipinski definition) is 0. The highest BCUT2D eigenvalue weighted by Gasteiger charge is 2.30. The largest absolute Gasteiger partial charge is 0.220 e. The maximum absolute atomic E-state index is 2.57. The molecule has 0 spiro atoms. The minimum atomic E-state index is -0.931. The number of fused-ring (bicyclic) bond motifs is 1. The molecule has 0 N–H and O–H groups in total. The summed E-state index contributed by atoms with van der Waals surface area (Å²) in [6, 6.07) is 17.5. The molecule has 1 nitrogen and oxygen atoms in total. The summed E-state index contributed by atoms with van der Waals surface area (Å²) < 4.78 is 2.33. The molecule has 0 bridgehead atoms. The van der Waals surface area contributed by atoms with Gasteiger partial charge in [0.1, 0.15) is 7.05 Å². The zero-order valence-electron chi connectivity index (χ0n) is 23.4. The van der Waals surface area contributed by atoms with Gasteiger partial charge < -0.3 is 0 Å². The van der Waals surface area contributed by atoms with Crippen LogP contribution in [-0.4, -0.2) is 8.07 Å². The zero-order valence-corrected chi connectivity index (χ0v) is 24.4. The molecule has 2 aromatic carbocycles. The molecule has 4 rings (SSSR count). The fourth-order valence-corrected chi connectivity index (χ4v) is 8.40. The molecule has 182 valence electrons. The molecule has 34 heavy (non-hydrogen) atoms. The van der Waals surface area contributed by atoms with Crippen LogP contribution in [0.3, 0.4) is 0 Å². The zero-order chi connectivity index (χ0) is 25.1. The van der Waals surface area contributed by atoms with Gasteiger partial charge in [0.15, 0.2) is 6.20 Å². The molecule has 1 aliphatic heterocycles. The lowest BCUT2D eigenvalue weighted by Gasteiger charge is -2.33. The summed E-state index contributed by atoms with van der Waals surface area (Å²) in [5, 5.41) is 2.75. The molecule has 1 aromatic heterocycles. The number of benzene rings is 2. The first-order valence-corrected chi connectivity index (χ1v) is 16.7. The maximum atomic E-state index is 2.57. The van der Waals surface area contributed by atoms with Crippen LogP contribution >= 0.6 is 0 Å². The highest BCUT2D eigenvalue weighted by molar-refractivity contribution is 6.77. The number of nitrogens with zero attached hydrogens (tertiary/aromatic N) is 1. The topological polar surface area (TPSA) is 3.88 Å². The molecule has 0 saturated carbocycles. The van der Waals surface area contributed by atoms with Gasteiger partial charge in [0.25, 0.3) is 0 Å². The highest BCUT2D eigenvalue weighted by Crippen LogP contribution is 2.41. The molecule has 1 aliphatic rings. The van der Waals surface area contributed by atoms with Crippen molar-refractivity contribution >= 4 is 18.8 Å². The summed E-state index contributed by atoms with van der Waals surface area (Å²) in [6.07, 6.45) is 5.01. The first-order chi connectivity index (χ1) is 15.7. The van der Waals surface area contributed by atoms with Crippen LogP contribution in [-0.2, 0) is 17.9 Å². The molecule has 1 fully saturated rings. The van der Waals surface area contributed by atoms with Crippen LogP contribution in [0.1, 0.15) is 82.6 Å². The molecule has 0 radical (unpaired) electrons. The number of aromatic nitrogens is 1. The van der Waals surface area contributed by atoms with Crippen LogP contribution in [0.2, 0.25) is 25.2 Å². The van der Waals surface area contributed by atoms with E-state index in [2.05, 4.69) is 116 Å². The molecular weight excluding hydrogens is 426 g/mol. The van der Waals surface area contributed by atoms with E-state index in [0.29, 0.717) is 0 Å². The van der Waals surface area contributed by atoms with Crippen LogP contribution in [0.15, 0.2) is 42.6 Å². The molecule has 3 aromatic rings. The Morgan fingerprint density at radius 1 is 0.853 bits per heavy atom. The van der Waals surface area contributed by atoms with Gasteiger partial charge in [-0.1, -0.05) is 84.9 Å². The van der Waals surface area contributed by atoms with E-state index < -0.39 is 8.07 Å². The second kappa shape index (κ2) is 8.62. The minimum absolute atomic E-state index is 0.106. The van der Waals surface area contributed by atoms with Crippen molar-refractivity contribution in [1.82, 2.24) is 0 Å². The summed E-state index contributed by atoms with van der Waals surface area (Å²) in [4.78, 5) is 0. The molecule has 0 amide bonds. The lowest BCUT2D eigenvalue weighted by atomic mass is 9.76. The molecule has 0 atom stereocenters. The average molecular weight is 473 g/mol. The van der Waals surface area contributed by atoms with Crippen molar-refractivity contribution in [2.75, 3.05) is 0 Å². The maximum Gasteiger partial charge on any atom is 0.220 e. The van der Waals surface area contributed by atoms with Crippen molar-refractivity contribution < 1.29 is 4.57 Å². The minimum Gasteiger partial charge on any atom is -0.200 e. The van der Waals surface area contributed by atoms with Crippen molar-refractivity contribution in [3.63, 3.8) is 0 Å². The predicted molar refractivity (Wildman–Crippen MR) is 152 cm³/mol. The number of rotatable bonds is 2. The quantitative estimate of drug-likeness (QED) is 0.259. The van der Waals surface area contributed by atoms with Gasteiger partial charge in [-0.15, -0.1) is 0 Å². The average Bonchev–Trinajstić information content (AvgIpc) is 2.72. The summed E-state index contributed by atoms with van der Waals surface area (Å²) >= 11 is 0. The Balaban J connectivity index is 1.89. The fraction of sp³-hybridized carbons (Fsp3) is 0.531. The third kappa shape index (κ3) is 4.89. The standard InChI is InChI=1S/C32H46NSi/c1-22-28(20-26(31(2,3)4)21-29(22)32(5,6)7)30-27-12-11-24(19-25(27)13-16-33(30)8)23-14-17-34(9,10)18-15-23/h11-13,16,19-21,23H,14-15,17-18H2,1-10H3/q+1. The van der Waals surface area contributed by atoms with Gasteiger partial charge >= 0.3 is 0 Å². The summed E-state index contributed by atoms with van der Waals surface area (Å²) in [5.74, 6) is 0.737. The van der Waals surface area contributed by atoms with Gasteiger partial charge in [0, 0.05) is 14.1 Å². The Hall–Kier alpha value is -1.93. The Kier molecular flexibility index (Phi) is 6.38. The molecule has 1 saturated heterocycles. The smallest absolute Gasteiger partial charge is 0.200 e. The van der Waals surface area contributed by atoms with Crippen molar-refractivity contribution in [1.29, 1.82) is 0 Å². The first kappa shape index (κ1) is 25.2. The van der Waals surface area contributed by atoms with Crippen LogP contribution in [0.4, 0.5) is 0 Å². The fourth-order valence-electron chi connectivity index (χ4n) is 5.89. The van der Waals surface area contributed by atoms with E-state index in [-0.39, 0.29) is 10.8 Å². The lowest BCUT2D eigenvalue weighted by Crippen LogP contribution is -2.31. The van der Waals surface area contributed by atoms with E-state index in [9.17, 15) is 0 Å². The molecule has 0 aliphatic carbocycles. The lowest BCUT2D eigenvalue weighted by molar-refractivity contribution is -0.659. The Morgan fingerprint density at radius 2 is 1.50 bits per heavy atom. The van der Waals surface area contributed by atoms with E-state index in [4.69, 9.17) is 0 Å². The number of hydrogen-bond donors (Lipinski definition) is 0. The first-order valence-electron chi connectivity index (χ1n) is 13.3. The summed E-state index contributed by atoms with van der Waals surface area (Å²) in [6.45, 7) is 21.5. The molecule has 2 heterocycles. The van der Waals surface area contributed by atoms with Gasteiger partial charge in [-0.3, -0.25) is 0 Å². The van der Waals surface area contributed by atoms with Crippen LogP contribution in [0.5, 0.6) is 0 Å². The van der Waals surface area contributed by atoms with Crippen molar-refractivity contribution in [3.05, 3.63) is 64.8 Å². The van der Waals surface area contributed by atoms with Gasteiger partial charge in [0.05, 0.1) is 10.9 Å². The Bertz CT molecular complexity index is 1210. The van der Waals surface area contributed by atoms with E-state index in [1.165, 1.54) is 63.7 Å². The van der Waals surface area contributed by atoms with E-state index >= 15 is 0 Å². The third-order valence-electron chi connectivity index (χ3n) is 8.31. The third-order valence-corrected chi connectivity index (χ3v) is 11.6. The second-order valence-electron chi connectivity index (χ2n) is 13.8. The van der Waals surface area contributed by atoms with Crippen LogP contribution in [0, 0.1) is 6.92 Å². The Labute approximate surface area is 209 Å². The van der Waals surface area contributed by atoms with Crippen molar-refractivity contribution in [2.45, 2.75) is 103 Å². The number of aryl methyl sites for hydroxylation is 1. The van der Waals surface area contributed by atoms with Gasteiger partial charge in [-0.25, -0.2) is 4.57 Å². The molecule has 0 unspecified atom stereocenters. The van der Waals surface area contributed by atoms with E-state index in [1.54, 1.807) is 5.56 Å². The van der Waals surface area contributed by atoms with Crippen LogP contribution in [0.25, 0.3) is 22.0 Å². The number of pyridine rings is 1. The normalized spacial score (nSPS) is 17.4. The highest BCUT2D eigenvalue weighted by atomic mass is 28.3. The predicted octanol–water partition coefficient (Wildman–Crippen LogP) is 8.82. The summed E-state index contributed by atoms with van der Waals surface area (Å²) in [7, 11) is 1.27. The van der Waals surface area contributed by atoms with Gasteiger partial charge in [-0.2, -0.15) is 0 Å². The van der Waals surface area contributed by atoms with Gasteiger partial charge in [0.2, 0.25) is 5.69 Å².